The molecule has 3 aromatic rings. The van der Waals surface area contributed by atoms with Crippen LogP contribution < -0.4 is 19.7 Å². The van der Waals surface area contributed by atoms with E-state index < -0.39 is 17.7 Å². The minimum absolute atomic E-state index is 0.0473. The van der Waals surface area contributed by atoms with E-state index in [1.54, 1.807) is 54.6 Å². The van der Waals surface area contributed by atoms with Gasteiger partial charge >= 0.3 is 5.97 Å². The third-order valence-corrected chi connectivity index (χ3v) is 5.28. The number of carbonyl (C=O) groups is 3. The molecule has 1 N–H and O–H groups in total. The molecular weight excluding hydrogens is 427 g/mol. The minimum Gasteiger partial charge on any atom is -0.496 e. The van der Waals surface area contributed by atoms with Crippen LogP contribution in [0.15, 0.2) is 72.8 Å². The Labute approximate surface area is 189 Å². The molecular formula is C25H21FN2O5. The van der Waals surface area contributed by atoms with E-state index >= 15 is 0 Å². The number of methoxy groups -OCH3 is 1. The van der Waals surface area contributed by atoms with Gasteiger partial charge in [-0.25, -0.2) is 4.39 Å². The fraction of sp³-hybridized carbons (Fsp3) is 0.160. The van der Waals surface area contributed by atoms with E-state index in [1.165, 1.54) is 30.2 Å². The van der Waals surface area contributed by atoms with Gasteiger partial charge in [0.15, 0.2) is 0 Å². The third-order valence-electron chi connectivity index (χ3n) is 5.28. The maximum Gasteiger partial charge on any atom is 0.316 e. The van der Waals surface area contributed by atoms with Crippen LogP contribution in [-0.2, 0) is 9.59 Å². The number of nitrogens with one attached hydrogen (secondary N) is 1. The van der Waals surface area contributed by atoms with Gasteiger partial charge in [-0.15, -0.1) is 0 Å². The smallest absolute Gasteiger partial charge is 0.316 e. The van der Waals surface area contributed by atoms with Gasteiger partial charge in [0.25, 0.3) is 5.91 Å². The molecule has 0 bridgehead atoms. The second-order valence-electron chi connectivity index (χ2n) is 7.46. The highest BCUT2D eigenvalue weighted by Gasteiger charge is 2.37. The molecule has 2 amide bonds. The molecule has 0 radical (unpaired) electrons. The molecule has 1 heterocycles. The summed E-state index contributed by atoms with van der Waals surface area (Å²) in [5, 5.41) is 2.76. The van der Waals surface area contributed by atoms with Crippen LogP contribution in [0.2, 0.25) is 0 Å². The first-order valence-electron chi connectivity index (χ1n) is 10.3. The van der Waals surface area contributed by atoms with Gasteiger partial charge in [0.05, 0.1) is 24.3 Å². The molecule has 4 rings (SSSR count). The third kappa shape index (κ3) is 4.85. The molecule has 33 heavy (non-hydrogen) atoms. The van der Waals surface area contributed by atoms with E-state index in [2.05, 4.69) is 5.32 Å². The SMILES string of the molecule is COc1ccccc1C(=O)Nc1ccc(OC(=O)C2CC(=O)N(c3ccccc3F)C2)cc1. The first kappa shape index (κ1) is 22.0. The fourth-order valence-electron chi connectivity index (χ4n) is 3.61. The number of hydrogen-bond donors (Lipinski definition) is 1. The van der Waals surface area contributed by atoms with Gasteiger partial charge in [-0.05, 0) is 48.5 Å². The number of hydrogen-bond acceptors (Lipinski definition) is 5. The predicted molar refractivity (Wildman–Crippen MR) is 120 cm³/mol. The summed E-state index contributed by atoms with van der Waals surface area (Å²) in [6.45, 7) is 0.0473. The summed E-state index contributed by atoms with van der Waals surface area (Å²) in [5.41, 5.74) is 1.04. The Hall–Kier alpha value is -4.20. The number of carbonyl (C=O) groups excluding carboxylic acids is 3. The van der Waals surface area contributed by atoms with Crippen LogP contribution in [0.25, 0.3) is 0 Å². The van der Waals surface area contributed by atoms with Gasteiger partial charge in [0.1, 0.15) is 17.3 Å². The standard InChI is InChI=1S/C25H21FN2O5/c1-32-22-9-5-2-6-19(22)24(30)27-17-10-12-18(13-11-17)33-25(31)16-14-23(29)28(15-16)21-8-4-3-7-20(21)26/h2-13,16H,14-15H2,1H3,(H,27,30). The van der Waals surface area contributed by atoms with Crippen molar-refractivity contribution in [2.24, 2.45) is 5.92 Å². The monoisotopic (exact) mass is 448 g/mol. The van der Waals surface area contributed by atoms with Crippen molar-refractivity contribution in [2.45, 2.75) is 6.42 Å². The minimum atomic E-state index is -0.706. The van der Waals surface area contributed by atoms with Gasteiger partial charge in [0, 0.05) is 18.7 Å². The molecule has 0 spiro atoms. The summed E-state index contributed by atoms with van der Waals surface area (Å²) < 4.78 is 24.6. The molecule has 0 aromatic heterocycles. The lowest BCUT2D eigenvalue weighted by atomic mass is 10.1. The first-order valence-corrected chi connectivity index (χ1v) is 10.3. The molecule has 1 saturated heterocycles. The number of amides is 2. The maximum absolute atomic E-state index is 14.0. The summed E-state index contributed by atoms with van der Waals surface area (Å²) in [5.74, 6) is -1.75. The van der Waals surface area contributed by atoms with Crippen molar-refractivity contribution in [2.75, 3.05) is 23.9 Å². The van der Waals surface area contributed by atoms with Gasteiger partial charge in [0.2, 0.25) is 5.91 Å². The van der Waals surface area contributed by atoms with Crippen LogP contribution in [0.3, 0.4) is 0 Å². The number of halogens is 1. The van der Waals surface area contributed by atoms with E-state index in [1.807, 2.05) is 0 Å². The second-order valence-corrected chi connectivity index (χ2v) is 7.46. The van der Waals surface area contributed by atoms with Gasteiger partial charge < -0.3 is 19.7 Å². The molecule has 0 aliphatic carbocycles. The Kier molecular flexibility index (Phi) is 6.35. The average molecular weight is 448 g/mol. The molecule has 7 nitrogen and oxygen atoms in total. The van der Waals surface area contributed by atoms with Crippen molar-refractivity contribution in [1.29, 1.82) is 0 Å². The van der Waals surface area contributed by atoms with Gasteiger partial charge in [-0.1, -0.05) is 24.3 Å². The Bertz CT molecular complexity index is 1200. The maximum atomic E-state index is 14.0. The topological polar surface area (TPSA) is 84.9 Å². The molecule has 1 aliphatic rings. The molecule has 168 valence electrons. The van der Waals surface area contributed by atoms with Crippen LogP contribution in [0.5, 0.6) is 11.5 Å². The molecule has 8 heteroatoms. The normalized spacial score (nSPS) is 15.3. The lowest BCUT2D eigenvalue weighted by Gasteiger charge is -2.17. The van der Waals surface area contributed by atoms with Crippen LogP contribution in [-0.4, -0.2) is 31.4 Å². The Morgan fingerprint density at radius 3 is 2.42 bits per heavy atom. The highest BCUT2D eigenvalue weighted by Crippen LogP contribution is 2.28. The Morgan fingerprint density at radius 1 is 1.00 bits per heavy atom. The second kappa shape index (κ2) is 9.52. The molecule has 1 unspecified atom stereocenters. The number of benzene rings is 3. The summed E-state index contributed by atoms with van der Waals surface area (Å²) in [7, 11) is 1.49. The van der Waals surface area contributed by atoms with Crippen molar-refractivity contribution in [3.63, 3.8) is 0 Å². The van der Waals surface area contributed by atoms with Crippen molar-refractivity contribution >= 4 is 29.2 Å². The highest BCUT2D eigenvalue weighted by atomic mass is 19.1. The number of para-hydroxylation sites is 2. The number of rotatable bonds is 6. The van der Waals surface area contributed by atoms with E-state index in [0.29, 0.717) is 17.0 Å². The lowest BCUT2D eigenvalue weighted by Crippen LogP contribution is -2.28. The number of esters is 1. The van der Waals surface area contributed by atoms with E-state index in [-0.39, 0.29) is 36.2 Å². The quantitative estimate of drug-likeness (QED) is 0.454. The van der Waals surface area contributed by atoms with Crippen LogP contribution in [0.4, 0.5) is 15.8 Å². The van der Waals surface area contributed by atoms with Crippen LogP contribution >= 0.6 is 0 Å². The van der Waals surface area contributed by atoms with Crippen molar-refractivity contribution < 1.29 is 28.2 Å². The Balaban J connectivity index is 1.37. The number of nitrogens with zero attached hydrogens (tertiary/aromatic N) is 1. The predicted octanol–water partition coefficient (Wildman–Crippen LogP) is 4.05. The number of anilines is 2. The first-order chi connectivity index (χ1) is 16.0. The largest absolute Gasteiger partial charge is 0.496 e. The number of ether oxygens (including phenoxy) is 2. The zero-order valence-electron chi connectivity index (χ0n) is 17.8. The molecule has 3 aromatic carbocycles. The zero-order valence-corrected chi connectivity index (χ0v) is 17.8. The van der Waals surface area contributed by atoms with Gasteiger partial charge in [-0.2, -0.15) is 0 Å². The summed E-state index contributed by atoms with van der Waals surface area (Å²) >= 11 is 0. The molecule has 1 atom stereocenters. The fourth-order valence-corrected chi connectivity index (χ4v) is 3.61. The highest BCUT2D eigenvalue weighted by molar-refractivity contribution is 6.06. The molecule has 0 saturated carbocycles. The van der Waals surface area contributed by atoms with E-state index in [9.17, 15) is 18.8 Å². The summed E-state index contributed by atoms with van der Waals surface area (Å²) in [6.07, 6.45) is -0.0553. The van der Waals surface area contributed by atoms with E-state index in [4.69, 9.17) is 9.47 Å². The van der Waals surface area contributed by atoms with Crippen LogP contribution in [0.1, 0.15) is 16.8 Å². The Morgan fingerprint density at radius 2 is 1.70 bits per heavy atom. The average Bonchev–Trinajstić information content (AvgIpc) is 3.22. The van der Waals surface area contributed by atoms with Crippen molar-refractivity contribution in [3.05, 3.63) is 84.2 Å². The van der Waals surface area contributed by atoms with Crippen molar-refractivity contribution in [1.82, 2.24) is 0 Å². The molecule has 1 fully saturated rings. The van der Waals surface area contributed by atoms with E-state index in [0.717, 1.165) is 0 Å². The lowest BCUT2D eigenvalue weighted by molar-refractivity contribution is -0.139. The van der Waals surface area contributed by atoms with Gasteiger partial charge in [-0.3, -0.25) is 14.4 Å². The van der Waals surface area contributed by atoms with Crippen molar-refractivity contribution in [3.8, 4) is 11.5 Å². The van der Waals surface area contributed by atoms with Crippen LogP contribution in [0, 0.1) is 11.7 Å². The summed E-state index contributed by atoms with van der Waals surface area (Å²) in [6, 6.07) is 19.1. The summed E-state index contributed by atoms with van der Waals surface area (Å²) in [4.78, 5) is 38.6. The molecule has 1 aliphatic heterocycles. The zero-order chi connectivity index (χ0) is 23.4.